The van der Waals surface area contributed by atoms with Crippen molar-refractivity contribution < 1.29 is 22.7 Å². The number of carbonyl (C=O) groups excluding carboxylic acids is 1. The molecule has 2 aromatic rings. The summed E-state index contributed by atoms with van der Waals surface area (Å²) >= 11 is 0.827. The van der Waals surface area contributed by atoms with Gasteiger partial charge in [-0.05, 0) is 42.7 Å². The molecule has 0 saturated carbocycles. The fourth-order valence-electron chi connectivity index (χ4n) is 2.51. The van der Waals surface area contributed by atoms with E-state index in [4.69, 9.17) is 4.74 Å². The molecule has 26 heavy (non-hydrogen) atoms. The number of hydrogen-bond donors (Lipinski definition) is 0. The normalized spacial score (nSPS) is 11.5. The molecule has 0 aliphatic carbocycles. The topological polar surface area (TPSA) is 26.3 Å². The zero-order valence-electron chi connectivity index (χ0n) is 14.9. The van der Waals surface area contributed by atoms with Gasteiger partial charge >= 0.3 is 6.18 Å². The summed E-state index contributed by atoms with van der Waals surface area (Å²) in [5, 5.41) is -0.186. The van der Waals surface area contributed by atoms with Crippen molar-refractivity contribution in [3.05, 3.63) is 58.7 Å². The highest BCUT2D eigenvalue weighted by Gasteiger charge is 2.34. The first-order valence-corrected chi connectivity index (χ1v) is 9.20. The van der Waals surface area contributed by atoms with Crippen LogP contribution in [-0.2, 0) is 24.0 Å². The number of carbonyl (C=O) groups is 1. The van der Waals surface area contributed by atoms with Crippen molar-refractivity contribution in [2.45, 2.75) is 51.3 Å². The molecule has 0 aromatic heterocycles. The fourth-order valence-corrected chi connectivity index (χ4v) is 3.34. The zero-order chi connectivity index (χ0) is 19.3. The number of alkyl halides is 3. The lowest BCUT2D eigenvalue weighted by molar-refractivity contribution is -0.138. The lowest BCUT2D eigenvalue weighted by Crippen LogP contribution is -2.12. The molecule has 0 radical (unpaired) electrons. The van der Waals surface area contributed by atoms with Gasteiger partial charge in [0.25, 0.3) is 0 Å². The first-order chi connectivity index (χ1) is 12.3. The van der Waals surface area contributed by atoms with Gasteiger partial charge in [0, 0.05) is 16.9 Å². The molecule has 0 aliphatic rings. The minimum absolute atomic E-state index is 0.00855. The van der Waals surface area contributed by atoms with Gasteiger partial charge in [-0.15, -0.1) is 0 Å². The number of ether oxygens (including phenoxy) is 1. The predicted molar refractivity (Wildman–Crippen MR) is 97.5 cm³/mol. The number of hydrogen-bond acceptors (Lipinski definition) is 3. The lowest BCUT2D eigenvalue weighted by Gasteiger charge is -2.18. The average Bonchev–Trinajstić information content (AvgIpc) is 2.60. The van der Waals surface area contributed by atoms with Gasteiger partial charge in [0.1, 0.15) is 12.4 Å². The molecule has 0 atom stereocenters. The maximum absolute atomic E-state index is 13.4. The maximum atomic E-state index is 13.4. The van der Waals surface area contributed by atoms with Crippen molar-refractivity contribution >= 4 is 16.9 Å². The van der Waals surface area contributed by atoms with Gasteiger partial charge in [-0.1, -0.05) is 43.8 Å². The van der Waals surface area contributed by atoms with Crippen LogP contribution in [-0.4, -0.2) is 5.12 Å². The van der Waals surface area contributed by atoms with Crippen molar-refractivity contribution in [2.75, 3.05) is 0 Å². The van der Waals surface area contributed by atoms with Crippen LogP contribution in [0.25, 0.3) is 0 Å². The molecule has 2 nitrogen and oxygen atoms in total. The second-order valence-electron chi connectivity index (χ2n) is 5.85. The van der Waals surface area contributed by atoms with E-state index in [9.17, 15) is 18.0 Å². The van der Waals surface area contributed by atoms with Crippen molar-refractivity contribution in [1.82, 2.24) is 0 Å². The van der Waals surface area contributed by atoms with Crippen LogP contribution in [0, 0.1) is 6.92 Å². The third-order valence-corrected chi connectivity index (χ3v) is 5.09. The van der Waals surface area contributed by atoms with Gasteiger partial charge in [0.15, 0.2) is 5.12 Å². The highest BCUT2D eigenvalue weighted by atomic mass is 32.2. The monoisotopic (exact) mass is 382 g/mol. The maximum Gasteiger partial charge on any atom is 0.416 e. The third-order valence-electron chi connectivity index (χ3n) is 3.97. The molecule has 0 N–H and O–H groups in total. The predicted octanol–water partition coefficient (Wildman–Crippen LogP) is 6.18. The van der Waals surface area contributed by atoms with Crippen LogP contribution >= 0.6 is 11.8 Å². The van der Waals surface area contributed by atoms with Crippen LogP contribution in [0.5, 0.6) is 5.75 Å². The van der Waals surface area contributed by atoms with Gasteiger partial charge in [-0.25, -0.2) is 0 Å². The van der Waals surface area contributed by atoms with Crippen molar-refractivity contribution in [1.29, 1.82) is 0 Å². The molecule has 0 spiro atoms. The molecule has 0 aliphatic heterocycles. The Bertz CT molecular complexity index is 785. The first kappa shape index (κ1) is 20.4. The Kier molecular flexibility index (Phi) is 6.75. The molecule has 0 heterocycles. The summed E-state index contributed by atoms with van der Waals surface area (Å²) in [5.41, 5.74) is 1.23. The smallest absolute Gasteiger partial charge is 0.416 e. The molecule has 2 rings (SSSR count). The SMILES string of the molecule is CCC(=O)Sc1cccc(C(F)(F)F)c1COc1ccc(CC)cc1C. The van der Waals surface area contributed by atoms with Gasteiger partial charge in [0.05, 0.1) is 5.56 Å². The second kappa shape index (κ2) is 8.62. The molecule has 0 unspecified atom stereocenters. The Labute approximate surface area is 155 Å². The standard InChI is InChI=1S/C20H21F3O2S/c1-4-14-9-10-17(13(3)11-14)25-12-15-16(20(21,22)23)7-6-8-18(15)26-19(24)5-2/h6-11H,4-5,12H2,1-3H3. The van der Waals surface area contributed by atoms with E-state index in [-0.39, 0.29) is 28.6 Å². The highest BCUT2D eigenvalue weighted by Crippen LogP contribution is 2.37. The summed E-state index contributed by atoms with van der Waals surface area (Å²) in [6, 6.07) is 9.49. The van der Waals surface area contributed by atoms with Gasteiger partial charge in [-0.2, -0.15) is 13.2 Å². The van der Waals surface area contributed by atoms with Gasteiger partial charge in [0.2, 0.25) is 0 Å². The van der Waals surface area contributed by atoms with Crippen LogP contribution in [0.1, 0.15) is 42.5 Å². The minimum atomic E-state index is -4.51. The van der Waals surface area contributed by atoms with Crippen molar-refractivity contribution in [3.8, 4) is 5.75 Å². The van der Waals surface area contributed by atoms with Crippen molar-refractivity contribution in [3.63, 3.8) is 0 Å². The minimum Gasteiger partial charge on any atom is -0.489 e. The molecule has 0 saturated heterocycles. The van der Waals surface area contributed by atoms with Crippen LogP contribution in [0.4, 0.5) is 13.2 Å². The van der Waals surface area contributed by atoms with Crippen LogP contribution in [0.2, 0.25) is 0 Å². The third kappa shape index (κ3) is 5.04. The number of thioether (sulfide) groups is 1. The van der Waals surface area contributed by atoms with Crippen LogP contribution in [0.15, 0.2) is 41.3 Å². The molecule has 0 amide bonds. The summed E-state index contributed by atoms with van der Waals surface area (Å²) in [6.45, 7) is 5.32. The Morgan fingerprint density at radius 3 is 2.46 bits per heavy atom. The quantitative estimate of drug-likeness (QED) is 0.558. The van der Waals surface area contributed by atoms with E-state index in [0.717, 1.165) is 35.4 Å². The van der Waals surface area contributed by atoms with Crippen LogP contribution < -0.4 is 4.74 Å². The summed E-state index contributed by atoms with van der Waals surface area (Å²) in [6.07, 6.45) is -3.39. The highest BCUT2D eigenvalue weighted by molar-refractivity contribution is 8.13. The number of halogens is 3. The number of aryl methyl sites for hydroxylation is 2. The van der Waals surface area contributed by atoms with E-state index in [1.165, 1.54) is 12.1 Å². The lowest BCUT2D eigenvalue weighted by atomic mass is 10.1. The fraction of sp³-hybridized carbons (Fsp3) is 0.350. The van der Waals surface area contributed by atoms with Gasteiger partial charge < -0.3 is 4.74 Å². The Balaban J connectivity index is 2.35. The number of rotatable bonds is 6. The molecule has 140 valence electrons. The second-order valence-corrected chi connectivity index (χ2v) is 6.95. The molecular weight excluding hydrogens is 361 g/mol. The number of benzene rings is 2. The van der Waals surface area contributed by atoms with Crippen LogP contribution in [0.3, 0.4) is 0 Å². The van der Waals surface area contributed by atoms with Gasteiger partial charge in [-0.3, -0.25) is 4.79 Å². The Morgan fingerprint density at radius 2 is 1.88 bits per heavy atom. The molecule has 6 heteroatoms. The molecule has 0 fully saturated rings. The summed E-state index contributed by atoms with van der Waals surface area (Å²) in [5.74, 6) is 0.539. The Hall–Kier alpha value is -1.95. The van der Waals surface area contributed by atoms with E-state index < -0.39 is 11.7 Å². The molecule has 0 bridgehead atoms. The Morgan fingerprint density at radius 1 is 1.15 bits per heavy atom. The van der Waals surface area contributed by atoms with Crippen molar-refractivity contribution in [2.24, 2.45) is 0 Å². The largest absolute Gasteiger partial charge is 0.489 e. The molecule has 2 aromatic carbocycles. The average molecular weight is 382 g/mol. The van der Waals surface area contributed by atoms with E-state index in [1.54, 1.807) is 13.0 Å². The zero-order valence-corrected chi connectivity index (χ0v) is 15.8. The summed E-state index contributed by atoms with van der Waals surface area (Å²) < 4.78 is 45.9. The summed E-state index contributed by atoms with van der Waals surface area (Å²) in [7, 11) is 0. The van der Waals surface area contributed by atoms with E-state index >= 15 is 0 Å². The summed E-state index contributed by atoms with van der Waals surface area (Å²) in [4.78, 5) is 12.0. The first-order valence-electron chi connectivity index (χ1n) is 8.38. The van der Waals surface area contributed by atoms with E-state index in [0.29, 0.717) is 5.75 Å². The van der Waals surface area contributed by atoms with E-state index in [1.807, 2.05) is 26.0 Å². The van der Waals surface area contributed by atoms with E-state index in [2.05, 4.69) is 0 Å². The molecular formula is C20H21F3O2S.